The van der Waals surface area contributed by atoms with Gasteiger partial charge in [0.15, 0.2) is 0 Å². The van der Waals surface area contributed by atoms with Crippen LogP contribution >= 0.6 is 0 Å². The van der Waals surface area contributed by atoms with Crippen molar-refractivity contribution in [1.29, 1.82) is 0 Å². The van der Waals surface area contributed by atoms with E-state index < -0.39 is 0 Å². The minimum absolute atomic E-state index is 0.302. The quantitative estimate of drug-likeness (QED) is 0.884. The van der Waals surface area contributed by atoms with E-state index in [1.165, 1.54) is 18.2 Å². The van der Waals surface area contributed by atoms with Crippen LogP contribution in [0.1, 0.15) is 12.5 Å². The molecule has 0 bridgehead atoms. The second-order valence-corrected chi connectivity index (χ2v) is 5.10. The molecule has 1 aromatic carbocycles. The zero-order chi connectivity index (χ0) is 13.0. The van der Waals surface area contributed by atoms with E-state index in [0.717, 1.165) is 32.7 Å². The molecule has 0 aromatic heterocycles. The molecule has 1 aromatic rings. The summed E-state index contributed by atoms with van der Waals surface area (Å²) in [5.41, 5.74) is 0.484. The van der Waals surface area contributed by atoms with Gasteiger partial charge in [0.25, 0.3) is 0 Å². The van der Waals surface area contributed by atoms with Crippen LogP contribution in [0.5, 0.6) is 0 Å². The summed E-state index contributed by atoms with van der Waals surface area (Å²) >= 11 is 0. The molecule has 1 saturated heterocycles. The summed E-state index contributed by atoms with van der Waals surface area (Å²) in [4.78, 5) is 2.37. The number of nitrogens with one attached hydrogen (secondary N) is 1. The van der Waals surface area contributed by atoms with E-state index in [9.17, 15) is 8.78 Å². The molecule has 2 nitrogen and oxygen atoms in total. The fraction of sp³-hybridized carbons (Fsp3) is 0.571. The average molecular weight is 254 g/mol. The van der Waals surface area contributed by atoms with Crippen molar-refractivity contribution < 1.29 is 8.78 Å². The molecular formula is C14H20F2N2. The predicted octanol–water partition coefficient (Wildman–Crippen LogP) is 2.05. The van der Waals surface area contributed by atoms with Gasteiger partial charge in [0.05, 0.1) is 0 Å². The second kappa shape index (κ2) is 6.25. The monoisotopic (exact) mass is 254 g/mol. The van der Waals surface area contributed by atoms with E-state index in [0.29, 0.717) is 17.9 Å². The van der Waals surface area contributed by atoms with Crippen LogP contribution in [0.3, 0.4) is 0 Å². The van der Waals surface area contributed by atoms with Gasteiger partial charge < -0.3 is 10.2 Å². The molecule has 18 heavy (non-hydrogen) atoms. The molecule has 0 spiro atoms. The first kappa shape index (κ1) is 13.4. The van der Waals surface area contributed by atoms with Crippen LogP contribution < -0.4 is 5.32 Å². The van der Waals surface area contributed by atoms with Gasteiger partial charge in [-0.15, -0.1) is 0 Å². The zero-order valence-corrected chi connectivity index (χ0v) is 10.8. The SMILES string of the molecule is CC(Cc1cc(F)ccc1F)CN1CCNCC1. The number of rotatable bonds is 4. The lowest BCUT2D eigenvalue weighted by molar-refractivity contribution is 0.210. The third-order valence-corrected chi connectivity index (χ3v) is 3.36. The first-order valence-electron chi connectivity index (χ1n) is 6.52. The third-order valence-electron chi connectivity index (χ3n) is 3.36. The van der Waals surface area contributed by atoms with Gasteiger partial charge in [-0.25, -0.2) is 8.78 Å². The zero-order valence-electron chi connectivity index (χ0n) is 10.8. The van der Waals surface area contributed by atoms with Crippen molar-refractivity contribution in [3.05, 3.63) is 35.4 Å². The molecular weight excluding hydrogens is 234 g/mol. The summed E-state index contributed by atoms with van der Waals surface area (Å²) in [6.07, 6.45) is 0.591. The van der Waals surface area contributed by atoms with Crippen LogP contribution in [-0.2, 0) is 6.42 Å². The van der Waals surface area contributed by atoms with Gasteiger partial charge in [-0.2, -0.15) is 0 Å². The second-order valence-electron chi connectivity index (χ2n) is 5.10. The van der Waals surface area contributed by atoms with Gasteiger partial charge in [0, 0.05) is 32.7 Å². The highest BCUT2D eigenvalue weighted by Crippen LogP contribution is 2.15. The highest BCUT2D eigenvalue weighted by molar-refractivity contribution is 5.19. The Labute approximate surface area is 107 Å². The first-order valence-corrected chi connectivity index (χ1v) is 6.52. The van der Waals surface area contributed by atoms with Crippen molar-refractivity contribution in [1.82, 2.24) is 10.2 Å². The predicted molar refractivity (Wildman–Crippen MR) is 68.5 cm³/mol. The minimum atomic E-state index is -0.360. The molecule has 1 N–H and O–H groups in total. The number of benzene rings is 1. The van der Waals surface area contributed by atoms with E-state index in [1.807, 2.05) is 0 Å². The van der Waals surface area contributed by atoms with Crippen LogP contribution in [0.4, 0.5) is 8.78 Å². The Morgan fingerprint density at radius 1 is 1.28 bits per heavy atom. The van der Waals surface area contributed by atoms with Gasteiger partial charge in [-0.1, -0.05) is 6.92 Å². The molecule has 1 aliphatic rings. The fourth-order valence-electron chi connectivity index (χ4n) is 2.47. The van der Waals surface area contributed by atoms with Crippen molar-refractivity contribution >= 4 is 0 Å². The van der Waals surface area contributed by atoms with E-state index >= 15 is 0 Å². The molecule has 0 saturated carbocycles. The number of hydrogen-bond acceptors (Lipinski definition) is 2. The van der Waals surface area contributed by atoms with E-state index in [1.54, 1.807) is 0 Å². The van der Waals surface area contributed by atoms with Crippen LogP contribution in [0.25, 0.3) is 0 Å². The maximum absolute atomic E-state index is 13.5. The van der Waals surface area contributed by atoms with Crippen molar-refractivity contribution in [2.75, 3.05) is 32.7 Å². The topological polar surface area (TPSA) is 15.3 Å². The van der Waals surface area contributed by atoms with Crippen molar-refractivity contribution in [3.63, 3.8) is 0 Å². The Balaban J connectivity index is 1.89. The highest BCUT2D eigenvalue weighted by atomic mass is 19.1. The summed E-state index contributed by atoms with van der Waals surface area (Å²) in [5, 5.41) is 3.30. The van der Waals surface area contributed by atoms with Crippen LogP contribution in [0, 0.1) is 17.6 Å². The van der Waals surface area contributed by atoms with Crippen LogP contribution in [0.2, 0.25) is 0 Å². The first-order chi connectivity index (χ1) is 8.65. The molecule has 2 rings (SSSR count). The lowest BCUT2D eigenvalue weighted by atomic mass is 10.00. The number of nitrogens with zero attached hydrogens (tertiary/aromatic N) is 1. The minimum Gasteiger partial charge on any atom is -0.314 e. The summed E-state index contributed by atoms with van der Waals surface area (Å²) < 4.78 is 26.6. The molecule has 1 fully saturated rings. The number of piperazine rings is 1. The summed E-state index contributed by atoms with van der Waals surface area (Å²) in [7, 11) is 0. The molecule has 0 aliphatic carbocycles. The Kier molecular flexibility index (Phi) is 4.66. The molecule has 4 heteroatoms. The van der Waals surface area contributed by atoms with E-state index in [4.69, 9.17) is 0 Å². The Morgan fingerprint density at radius 2 is 2.00 bits per heavy atom. The van der Waals surface area contributed by atoms with Gasteiger partial charge >= 0.3 is 0 Å². The molecule has 0 amide bonds. The Morgan fingerprint density at radius 3 is 2.72 bits per heavy atom. The molecule has 100 valence electrons. The summed E-state index contributed by atoms with van der Waals surface area (Å²) in [5.74, 6) is -0.330. The molecule has 1 heterocycles. The van der Waals surface area contributed by atoms with Crippen LogP contribution in [0.15, 0.2) is 18.2 Å². The van der Waals surface area contributed by atoms with E-state index in [-0.39, 0.29) is 11.6 Å². The van der Waals surface area contributed by atoms with Crippen molar-refractivity contribution in [3.8, 4) is 0 Å². The molecule has 1 aliphatic heterocycles. The van der Waals surface area contributed by atoms with E-state index in [2.05, 4.69) is 17.1 Å². The van der Waals surface area contributed by atoms with Gasteiger partial charge in [0.1, 0.15) is 11.6 Å². The Hall–Kier alpha value is -1.00. The smallest absolute Gasteiger partial charge is 0.126 e. The molecule has 1 unspecified atom stereocenters. The highest BCUT2D eigenvalue weighted by Gasteiger charge is 2.15. The fourth-order valence-corrected chi connectivity index (χ4v) is 2.47. The number of halogens is 2. The largest absolute Gasteiger partial charge is 0.314 e. The van der Waals surface area contributed by atoms with Crippen molar-refractivity contribution in [2.45, 2.75) is 13.3 Å². The standard InChI is InChI=1S/C14H20F2N2/c1-11(10-18-6-4-17-5-7-18)8-12-9-13(15)2-3-14(12)16/h2-3,9,11,17H,4-8,10H2,1H3. The molecule has 0 radical (unpaired) electrons. The third kappa shape index (κ3) is 3.75. The number of hydrogen-bond donors (Lipinski definition) is 1. The normalized spacial score (nSPS) is 18.8. The van der Waals surface area contributed by atoms with Gasteiger partial charge in [-0.05, 0) is 36.1 Å². The van der Waals surface area contributed by atoms with Gasteiger partial charge in [-0.3, -0.25) is 0 Å². The lowest BCUT2D eigenvalue weighted by Gasteiger charge is -2.29. The van der Waals surface area contributed by atoms with Gasteiger partial charge in [0.2, 0.25) is 0 Å². The van der Waals surface area contributed by atoms with Crippen LogP contribution in [-0.4, -0.2) is 37.6 Å². The maximum atomic E-state index is 13.5. The lowest BCUT2D eigenvalue weighted by Crippen LogP contribution is -2.45. The maximum Gasteiger partial charge on any atom is 0.126 e. The summed E-state index contributed by atoms with van der Waals surface area (Å²) in [6, 6.07) is 3.69. The van der Waals surface area contributed by atoms with Crippen molar-refractivity contribution in [2.24, 2.45) is 5.92 Å². The Bertz CT molecular complexity index is 389. The average Bonchev–Trinajstić information content (AvgIpc) is 2.35. The summed E-state index contributed by atoms with van der Waals surface area (Å²) in [6.45, 7) is 7.14. The molecule has 1 atom stereocenters.